The lowest BCUT2D eigenvalue weighted by molar-refractivity contribution is 0.240. The van der Waals surface area contributed by atoms with Crippen LogP contribution in [0.15, 0.2) is 29.6 Å². The third-order valence-electron chi connectivity index (χ3n) is 3.18. The zero-order valence-corrected chi connectivity index (χ0v) is 12.3. The van der Waals surface area contributed by atoms with E-state index in [0.717, 1.165) is 35.7 Å². The number of rotatable bonds is 7. The number of nitrogens with one attached hydrogen (secondary N) is 1. The molecule has 0 amide bonds. The first-order valence-electron chi connectivity index (χ1n) is 6.77. The van der Waals surface area contributed by atoms with E-state index < -0.39 is 0 Å². The fourth-order valence-corrected chi connectivity index (χ4v) is 2.71. The molecule has 1 unspecified atom stereocenters. The predicted octanol–water partition coefficient (Wildman–Crippen LogP) is 2.85. The van der Waals surface area contributed by atoms with Crippen LogP contribution in [-0.2, 0) is 6.42 Å². The van der Waals surface area contributed by atoms with Gasteiger partial charge in [-0.2, -0.15) is 0 Å². The summed E-state index contributed by atoms with van der Waals surface area (Å²) in [5.41, 5.74) is 1.82. The number of aliphatic hydroxyl groups excluding tert-OH is 1. The molecule has 1 aromatic heterocycles. The van der Waals surface area contributed by atoms with E-state index in [2.05, 4.69) is 10.3 Å². The van der Waals surface area contributed by atoms with Crippen molar-refractivity contribution in [2.75, 3.05) is 13.2 Å². The van der Waals surface area contributed by atoms with E-state index in [1.165, 1.54) is 12.1 Å². The summed E-state index contributed by atoms with van der Waals surface area (Å²) in [5, 5.41) is 15.4. The third kappa shape index (κ3) is 4.10. The van der Waals surface area contributed by atoms with Crippen LogP contribution in [0.3, 0.4) is 0 Å². The third-order valence-corrected chi connectivity index (χ3v) is 4.09. The van der Waals surface area contributed by atoms with Crippen LogP contribution in [0.1, 0.15) is 18.4 Å². The van der Waals surface area contributed by atoms with Crippen molar-refractivity contribution in [3.05, 3.63) is 40.5 Å². The van der Waals surface area contributed by atoms with Crippen LogP contribution in [0.4, 0.5) is 4.39 Å². The van der Waals surface area contributed by atoms with Crippen LogP contribution in [0.5, 0.6) is 0 Å². The van der Waals surface area contributed by atoms with Gasteiger partial charge in [0.05, 0.1) is 17.3 Å². The summed E-state index contributed by atoms with van der Waals surface area (Å²) in [4.78, 5) is 4.55. The second kappa shape index (κ2) is 7.47. The lowest BCUT2D eigenvalue weighted by Gasteiger charge is -2.12. The first-order valence-corrected chi connectivity index (χ1v) is 7.65. The lowest BCUT2D eigenvalue weighted by Crippen LogP contribution is -2.33. The van der Waals surface area contributed by atoms with Crippen molar-refractivity contribution in [1.29, 1.82) is 0 Å². The average Bonchev–Trinajstić information content (AvgIpc) is 2.93. The van der Waals surface area contributed by atoms with Crippen LogP contribution in [0.2, 0.25) is 0 Å². The minimum atomic E-state index is -0.233. The molecule has 3 nitrogen and oxygen atoms in total. The SMILES string of the molecule is CCC(CO)NCCc1nc(-c2ccc(F)cc2)cs1. The van der Waals surface area contributed by atoms with Gasteiger partial charge in [-0.15, -0.1) is 11.3 Å². The average molecular weight is 294 g/mol. The van der Waals surface area contributed by atoms with E-state index in [1.807, 2.05) is 12.3 Å². The fourth-order valence-electron chi connectivity index (χ4n) is 1.90. The highest BCUT2D eigenvalue weighted by Gasteiger charge is 2.06. The van der Waals surface area contributed by atoms with E-state index >= 15 is 0 Å². The molecule has 2 N–H and O–H groups in total. The molecule has 2 rings (SSSR count). The number of nitrogens with zero attached hydrogens (tertiary/aromatic N) is 1. The standard InChI is InChI=1S/C15H19FN2OS/c1-2-13(9-19)17-8-7-15-18-14(10-20-15)11-3-5-12(16)6-4-11/h3-6,10,13,17,19H,2,7-9H2,1H3. The maximum Gasteiger partial charge on any atom is 0.123 e. The molecule has 0 fully saturated rings. The van der Waals surface area contributed by atoms with Crippen molar-refractivity contribution in [2.45, 2.75) is 25.8 Å². The smallest absolute Gasteiger partial charge is 0.123 e. The van der Waals surface area contributed by atoms with Crippen molar-refractivity contribution in [2.24, 2.45) is 0 Å². The van der Waals surface area contributed by atoms with Gasteiger partial charge in [-0.05, 0) is 30.7 Å². The molecule has 0 saturated carbocycles. The van der Waals surface area contributed by atoms with Crippen molar-refractivity contribution in [1.82, 2.24) is 10.3 Å². The summed E-state index contributed by atoms with van der Waals surface area (Å²) in [6.45, 7) is 3.01. The number of benzene rings is 1. The molecule has 0 aliphatic rings. The van der Waals surface area contributed by atoms with Crippen LogP contribution in [0.25, 0.3) is 11.3 Å². The summed E-state index contributed by atoms with van der Waals surface area (Å²) in [7, 11) is 0. The van der Waals surface area contributed by atoms with Crippen molar-refractivity contribution < 1.29 is 9.50 Å². The molecule has 0 radical (unpaired) electrons. The molecule has 20 heavy (non-hydrogen) atoms. The minimum Gasteiger partial charge on any atom is -0.395 e. The fraction of sp³-hybridized carbons (Fsp3) is 0.400. The zero-order valence-electron chi connectivity index (χ0n) is 11.5. The van der Waals surface area contributed by atoms with Gasteiger partial charge in [0.25, 0.3) is 0 Å². The summed E-state index contributed by atoms with van der Waals surface area (Å²) in [6, 6.07) is 6.54. The molecule has 0 bridgehead atoms. The van der Waals surface area contributed by atoms with E-state index in [9.17, 15) is 4.39 Å². The normalized spacial score (nSPS) is 12.6. The number of hydrogen-bond acceptors (Lipinski definition) is 4. The van der Waals surface area contributed by atoms with Crippen molar-refractivity contribution in [3.63, 3.8) is 0 Å². The van der Waals surface area contributed by atoms with Gasteiger partial charge in [-0.1, -0.05) is 6.92 Å². The Morgan fingerprint density at radius 2 is 2.10 bits per heavy atom. The summed E-state index contributed by atoms with van der Waals surface area (Å²) < 4.78 is 12.9. The van der Waals surface area contributed by atoms with Gasteiger partial charge >= 0.3 is 0 Å². The van der Waals surface area contributed by atoms with Gasteiger partial charge in [0.15, 0.2) is 0 Å². The topological polar surface area (TPSA) is 45.1 Å². The van der Waals surface area contributed by atoms with Crippen LogP contribution in [-0.4, -0.2) is 29.3 Å². The lowest BCUT2D eigenvalue weighted by atomic mass is 10.2. The van der Waals surface area contributed by atoms with Gasteiger partial charge in [0.2, 0.25) is 0 Å². The Morgan fingerprint density at radius 1 is 1.35 bits per heavy atom. The number of thiazole rings is 1. The Bertz CT molecular complexity index is 523. The summed E-state index contributed by atoms with van der Waals surface area (Å²) in [6.07, 6.45) is 1.75. The number of aromatic nitrogens is 1. The van der Waals surface area contributed by atoms with Gasteiger partial charge in [-0.25, -0.2) is 9.37 Å². The molecule has 1 heterocycles. The predicted molar refractivity (Wildman–Crippen MR) is 80.4 cm³/mol. The molecule has 0 spiro atoms. The maximum absolute atomic E-state index is 12.9. The molecular weight excluding hydrogens is 275 g/mol. The van der Waals surface area contributed by atoms with Crippen molar-refractivity contribution >= 4 is 11.3 Å². The number of halogens is 1. The van der Waals surface area contributed by atoms with Crippen molar-refractivity contribution in [3.8, 4) is 11.3 Å². The highest BCUT2D eigenvalue weighted by Crippen LogP contribution is 2.22. The van der Waals surface area contributed by atoms with Gasteiger partial charge < -0.3 is 10.4 Å². The van der Waals surface area contributed by atoms with Crippen LogP contribution in [0, 0.1) is 5.82 Å². The quantitative estimate of drug-likeness (QED) is 0.825. The van der Waals surface area contributed by atoms with E-state index in [-0.39, 0.29) is 18.5 Å². The molecule has 0 saturated heterocycles. The second-order valence-electron chi connectivity index (χ2n) is 4.63. The Balaban J connectivity index is 1.90. The Labute approximate surface area is 122 Å². The van der Waals surface area contributed by atoms with E-state index in [0.29, 0.717) is 0 Å². The Hall–Kier alpha value is -1.30. The van der Waals surface area contributed by atoms with Gasteiger partial charge in [-0.3, -0.25) is 0 Å². The Kier molecular flexibility index (Phi) is 5.64. The molecule has 1 aromatic carbocycles. The first-order chi connectivity index (χ1) is 9.72. The molecule has 1 atom stereocenters. The van der Waals surface area contributed by atoms with Crippen LogP contribution < -0.4 is 5.32 Å². The summed E-state index contributed by atoms with van der Waals surface area (Å²) >= 11 is 1.61. The largest absolute Gasteiger partial charge is 0.395 e. The first kappa shape index (κ1) is 15.1. The summed E-state index contributed by atoms with van der Waals surface area (Å²) in [5.74, 6) is -0.233. The maximum atomic E-state index is 12.9. The van der Waals surface area contributed by atoms with Crippen LogP contribution >= 0.6 is 11.3 Å². The number of aliphatic hydroxyl groups is 1. The van der Waals surface area contributed by atoms with E-state index in [4.69, 9.17) is 5.11 Å². The molecule has 5 heteroatoms. The van der Waals surface area contributed by atoms with E-state index in [1.54, 1.807) is 23.5 Å². The Morgan fingerprint density at radius 3 is 2.75 bits per heavy atom. The number of hydrogen-bond donors (Lipinski definition) is 2. The highest BCUT2D eigenvalue weighted by molar-refractivity contribution is 7.09. The molecule has 108 valence electrons. The molecule has 2 aromatic rings. The molecule has 0 aliphatic carbocycles. The molecular formula is C15H19FN2OS. The van der Waals surface area contributed by atoms with Gasteiger partial charge in [0.1, 0.15) is 5.82 Å². The monoisotopic (exact) mass is 294 g/mol. The zero-order chi connectivity index (χ0) is 14.4. The highest BCUT2D eigenvalue weighted by atomic mass is 32.1. The molecule has 0 aliphatic heterocycles. The minimum absolute atomic E-state index is 0.159. The second-order valence-corrected chi connectivity index (χ2v) is 5.57. The van der Waals surface area contributed by atoms with Gasteiger partial charge in [0, 0.05) is 30.0 Å².